The highest BCUT2D eigenvalue weighted by Crippen LogP contribution is 2.46. The van der Waals surface area contributed by atoms with Gasteiger partial charge in [-0.25, -0.2) is 14.5 Å². The number of hydrogen-bond donors (Lipinski definition) is 4. The number of anilines is 1. The van der Waals surface area contributed by atoms with Crippen LogP contribution in [0.3, 0.4) is 0 Å². The first-order valence-electron chi connectivity index (χ1n) is 11.6. The van der Waals surface area contributed by atoms with Crippen molar-refractivity contribution in [3.05, 3.63) is 48.4 Å². The van der Waals surface area contributed by atoms with Gasteiger partial charge in [-0.1, -0.05) is 37.3 Å². The normalized spacial score (nSPS) is 23.6. The van der Waals surface area contributed by atoms with Gasteiger partial charge < -0.3 is 35.1 Å². The summed E-state index contributed by atoms with van der Waals surface area (Å²) in [7, 11) is -2.92. The fraction of sp³-hybridized carbons (Fsp3) is 0.391. The Labute approximate surface area is 224 Å². The molecule has 0 saturated carbocycles. The average molecular weight is 565 g/mol. The number of thiocarbonyl (C=S) groups is 1. The van der Waals surface area contributed by atoms with Crippen LogP contribution >= 0.6 is 20.0 Å². The number of carbonyl (C=O) groups excluding carboxylic acids is 1. The molecule has 4 unspecified atom stereocenters. The molecular formula is C23H29N6O7PS. The van der Waals surface area contributed by atoms with Gasteiger partial charge in [0.2, 0.25) is 0 Å². The van der Waals surface area contributed by atoms with Crippen LogP contribution in [0.15, 0.2) is 42.9 Å². The van der Waals surface area contributed by atoms with E-state index in [1.165, 1.54) is 20.4 Å². The van der Waals surface area contributed by atoms with Gasteiger partial charge in [0.05, 0.1) is 25.2 Å². The Morgan fingerprint density at radius 3 is 2.71 bits per heavy atom. The summed E-state index contributed by atoms with van der Waals surface area (Å²) < 4.78 is 37.4. The van der Waals surface area contributed by atoms with Crippen molar-refractivity contribution in [1.29, 1.82) is 0 Å². The van der Waals surface area contributed by atoms with E-state index >= 15 is 0 Å². The average Bonchev–Trinajstić information content (AvgIpc) is 3.41. The molecule has 13 nitrogen and oxygen atoms in total. The van der Waals surface area contributed by atoms with Crippen molar-refractivity contribution < 1.29 is 33.0 Å². The van der Waals surface area contributed by atoms with Crippen LogP contribution in [0.5, 0.6) is 5.75 Å². The van der Waals surface area contributed by atoms with Gasteiger partial charge >= 0.3 is 13.7 Å². The number of benzene rings is 1. The lowest BCUT2D eigenvalue weighted by atomic mass is 10.0. The Kier molecular flexibility index (Phi) is 8.31. The maximum Gasteiger partial charge on any atom is 0.459 e. The fourth-order valence-corrected chi connectivity index (χ4v) is 5.84. The number of para-hydroxylation sites is 1. The number of carbonyl (C=O) groups is 1. The van der Waals surface area contributed by atoms with Crippen LogP contribution in [0.4, 0.5) is 5.82 Å². The molecule has 6 N–H and O–H groups in total. The molecule has 0 bridgehead atoms. The standard InChI is InChI=1S/C23H29N6O7PS/c1-12-18(30)16(35-22(12)29-9-15(20(25)38)17-19(24)26-11-27-21(17)29)10-34-37(32,28-13(2)23(31)33-3)36-14-7-5-4-6-8-14/h4-9,11-13,16,18,22,30H,10H2,1-3H3,(H2,25,38)(H,28,32)(H2,24,26,27)/t12-,13?,16?,18?,22+,37?/m0/s1. The zero-order valence-corrected chi connectivity index (χ0v) is 22.6. The van der Waals surface area contributed by atoms with Crippen LogP contribution in [0, 0.1) is 5.92 Å². The second kappa shape index (κ2) is 11.3. The highest BCUT2D eigenvalue weighted by Gasteiger charge is 2.44. The quantitative estimate of drug-likeness (QED) is 0.159. The number of aliphatic hydroxyl groups is 1. The molecule has 0 amide bonds. The zero-order chi connectivity index (χ0) is 27.6. The number of hydrogen-bond acceptors (Lipinski definition) is 11. The first kappa shape index (κ1) is 27.9. The number of nitrogens with zero attached hydrogens (tertiary/aromatic N) is 3. The molecule has 1 aromatic carbocycles. The maximum absolute atomic E-state index is 13.6. The van der Waals surface area contributed by atoms with Crippen LogP contribution in [-0.4, -0.2) is 62.6 Å². The smallest absolute Gasteiger partial charge is 0.459 e. The second-order valence-corrected chi connectivity index (χ2v) is 10.9. The van der Waals surface area contributed by atoms with Crippen molar-refractivity contribution in [2.24, 2.45) is 11.7 Å². The fourth-order valence-electron chi connectivity index (χ4n) is 4.19. The van der Waals surface area contributed by atoms with Crippen molar-refractivity contribution in [2.75, 3.05) is 19.5 Å². The summed E-state index contributed by atoms with van der Waals surface area (Å²) in [5.74, 6) is -0.662. The van der Waals surface area contributed by atoms with Crippen molar-refractivity contribution in [2.45, 2.75) is 38.3 Å². The summed E-state index contributed by atoms with van der Waals surface area (Å²) >= 11 is 5.17. The molecular weight excluding hydrogens is 535 g/mol. The predicted octanol–water partition coefficient (Wildman–Crippen LogP) is 1.90. The van der Waals surface area contributed by atoms with Gasteiger partial charge in [0.1, 0.15) is 46.9 Å². The van der Waals surface area contributed by atoms with Crippen LogP contribution in [0.2, 0.25) is 0 Å². The summed E-state index contributed by atoms with van der Waals surface area (Å²) in [5, 5.41) is 14.0. The lowest BCUT2D eigenvalue weighted by Crippen LogP contribution is -2.36. The molecule has 38 heavy (non-hydrogen) atoms. The maximum atomic E-state index is 13.6. The van der Waals surface area contributed by atoms with E-state index in [4.69, 9.17) is 42.2 Å². The predicted molar refractivity (Wildman–Crippen MR) is 142 cm³/mol. The number of nitrogen functional groups attached to an aromatic ring is 1. The molecule has 1 aliphatic rings. The molecule has 2 aromatic heterocycles. The topological polar surface area (TPSA) is 186 Å². The first-order valence-corrected chi connectivity index (χ1v) is 13.6. The SMILES string of the molecule is COC(=O)C(C)NP(=O)(OCC1O[C@@H](n2cc(C(N)=S)c3c(N)ncnc32)[C@@H](C)C1O)Oc1ccccc1. The van der Waals surface area contributed by atoms with Gasteiger partial charge in [-0.2, -0.15) is 5.09 Å². The molecule has 0 aliphatic carbocycles. The van der Waals surface area contributed by atoms with E-state index in [9.17, 15) is 14.5 Å². The van der Waals surface area contributed by atoms with Gasteiger partial charge in [0.25, 0.3) is 0 Å². The van der Waals surface area contributed by atoms with Crippen LogP contribution in [0.25, 0.3) is 11.0 Å². The van der Waals surface area contributed by atoms with Crippen LogP contribution in [-0.2, 0) is 23.4 Å². The number of fused-ring (bicyclic) bond motifs is 1. The highest BCUT2D eigenvalue weighted by atomic mass is 32.1. The van der Waals surface area contributed by atoms with E-state index < -0.39 is 44.1 Å². The van der Waals surface area contributed by atoms with Gasteiger partial charge in [0, 0.05) is 17.7 Å². The van der Waals surface area contributed by atoms with Gasteiger partial charge in [-0.15, -0.1) is 0 Å². The van der Waals surface area contributed by atoms with Crippen molar-refractivity contribution in [3.8, 4) is 5.75 Å². The van der Waals surface area contributed by atoms with Gasteiger partial charge in [0.15, 0.2) is 0 Å². The number of rotatable bonds is 10. The number of ether oxygens (including phenoxy) is 2. The third-order valence-corrected chi connectivity index (χ3v) is 8.01. The molecule has 0 radical (unpaired) electrons. The number of nitrogens with one attached hydrogen (secondary N) is 1. The third kappa shape index (κ3) is 5.65. The minimum atomic E-state index is -4.13. The largest absolute Gasteiger partial charge is 0.468 e. The van der Waals surface area contributed by atoms with E-state index in [0.717, 1.165) is 0 Å². The summed E-state index contributed by atoms with van der Waals surface area (Å²) in [4.78, 5) is 20.4. The van der Waals surface area contributed by atoms with E-state index in [1.54, 1.807) is 48.0 Å². The molecule has 0 spiro atoms. The lowest BCUT2D eigenvalue weighted by molar-refractivity contribution is -0.142. The number of methoxy groups -OCH3 is 1. The van der Waals surface area contributed by atoms with Crippen LogP contribution in [0.1, 0.15) is 25.6 Å². The Bertz CT molecular complexity index is 1370. The molecule has 3 heterocycles. The molecule has 4 rings (SSSR count). The Morgan fingerprint density at radius 1 is 1.34 bits per heavy atom. The summed E-state index contributed by atoms with van der Waals surface area (Å²) in [6.07, 6.45) is 0.309. The summed E-state index contributed by atoms with van der Waals surface area (Å²) in [5.41, 5.74) is 12.8. The van der Waals surface area contributed by atoms with E-state index in [-0.39, 0.29) is 23.2 Å². The monoisotopic (exact) mass is 564 g/mol. The van der Waals surface area contributed by atoms with E-state index in [0.29, 0.717) is 16.6 Å². The zero-order valence-electron chi connectivity index (χ0n) is 20.9. The molecule has 1 aliphatic heterocycles. The Morgan fingerprint density at radius 2 is 2.05 bits per heavy atom. The molecule has 204 valence electrons. The molecule has 1 saturated heterocycles. The minimum Gasteiger partial charge on any atom is -0.468 e. The van der Waals surface area contributed by atoms with Crippen molar-refractivity contribution in [3.63, 3.8) is 0 Å². The second-order valence-electron chi connectivity index (χ2n) is 8.76. The molecule has 15 heteroatoms. The van der Waals surface area contributed by atoms with Gasteiger partial charge in [-0.3, -0.25) is 9.32 Å². The number of aliphatic hydroxyl groups excluding tert-OH is 1. The van der Waals surface area contributed by atoms with Gasteiger partial charge in [-0.05, 0) is 19.1 Å². The first-order chi connectivity index (χ1) is 18.0. The minimum absolute atomic E-state index is 0.103. The number of esters is 1. The third-order valence-electron chi connectivity index (χ3n) is 6.15. The van der Waals surface area contributed by atoms with Crippen molar-refractivity contribution in [1.82, 2.24) is 19.6 Å². The summed E-state index contributed by atoms with van der Waals surface area (Å²) in [6, 6.07) is 7.31. The van der Waals surface area contributed by atoms with E-state index in [1.807, 2.05) is 0 Å². The summed E-state index contributed by atoms with van der Waals surface area (Å²) in [6.45, 7) is 2.91. The van der Waals surface area contributed by atoms with Crippen LogP contribution < -0.4 is 21.1 Å². The highest BCUT2D eigenvalue weighted by molar-refractivity contribution is 7.80. The Hall–Kier alpha value is -3.13. The lowest BCUT2D eigenvalue weighted by Gasteiger charge is -2.24. The van der Waals surface area contributed by atoms with E-state index in [2.05, 4.69) is 15.1 Å². The van der Waals surface area contributed by atoms with Crippen molar-refractivity contribution >= 4 is 47.8 Å². The number of nitrogens with two attached hydrogens (primary N) is 2. The Balaban J connectivity index is 1.57. The molecule has 3 aromatic rings. The number of aromatic nitrogens is 3. The molecule has 6 atom stereocenters. The molecule has 1 fully saturated rings.